The second kappa shape index (κ2) is 7.87. The molecule has 1 aromatic rings. The zero-order chi connectivity index (χ0) is 13.4. The lowest BCUT2D eigenvalue weighted by Crippen LogP contribution is -2.15. The van der Waals surface area contributed by atoms with Gasteiger partial charge in [-0.05, 0) is 25.7 Å². The van der Waals surface area contributed by atoms with E-state index in [0.29, 0.717) is 11.9 Å². The number of aliphatic hydroxyl groups excluding tert-OH is 1. The van der Waals surface area contributed by atoms with Crippen molar-refractivity contribution in [3.8, 4) is 0 Å². The summed E-state index contributed by atoms with van der Waals surface area (Å²) in [6.07, 6.45) is 3.68. The molecule has 0 bridgehead atoms. The first-order valence-electron chi connectivity index (χ1n) is 6.59. The molecular weight excluding hydrogens is 228 g/mol. The van der Waals surface area contributed by atoms with Crippen LogP contribution in [0.5, 0.6) is 0 Å². The minimum absolute atomic E-state index is 0.231. The predicted octanol–water partition coefficient (Wildman–Crippen LogP) is 2.04. The Morgan fingerprint density at radius 2 is 2.17 bits per heavy atom. The van der Waals surface area contributed by atoms with Gasteiger partial charge in [-0.15, -0.1) is 0 Å². The van der Waals surface area contributed by atoms with E-state index >= 15 is 0 Å². The fourth-order valence-electron chi connectivity index (χ4n) is 1.54. The van der Waals surface area contributed by atoms with E-state index in [0.717, 1.165) is 37.3 Å². The second-order valence-corrected chi connectivity index (χ2v) is 4.65. The number of nitrogens with zero attached hydrogens (tertiary/aromatic N) is 2. The molecule has 1 unspecified atom stereocenters. The summed E-state index contributed by atoms with van der Waals surface area (Å²) < 4.78 is 0. The first-order chi connectivity index (χ1) is 8.67. The standard InChI is InChI=1S/C13H24N4O/c1-4-6-14-13-16-9-11(3)12(17-13)15-8-10(2)5-7-18/h9-10,18H,4-8H2,1-3H3,(H2,14,15,16,17). The van der Waals surface area contributed by atoms with Gasteiger partial charge >= 0.3 is 0 Å². The van der Waals surface area contributed by atoms with Crippen molar-refractivity contribution in [3.05, 3.63) is 11.8 Å². The van der Waals surface area contributed by atoms with Crippen LogP contribution in [0.25, 0.3) is 0 Å². The number of hydrogen-bond donors (Lipinski definition) is 3. The highest BCUT2D eigenvalue weighted by Crippen LogP contribution is 2.13. The minimum atomic E-state index is 0.231. The summed E-state index contributed by atoms with van der Waals surface area (Å²) in [6, 6.07) is 0. The number of aryl methyl sites for hydroxylation is 1. The third kappa shape index (κ3) is 4.87. The molecule has 0 saturated carbocycles. The van der Waals surface area contributed by atoms with E-state index in [1.807, 2.05) is 13.1 Å². The molecule has 5 heteroatoms. The van der Waals surface area contributed by atoms with Gasteiger partial charge in [0, 0.05) is 31.5 Å². The predicted molar refractivity (Wildman–Crippen MR) is 74.9 cm³/mol. The van der Waals surface area contributed by atoms with Crippen molar-refractivity contribution >= 4 is 11.8 Å². The van der Waals surface area contributed by atoms with Crippen LogP contribution in [0.15, 0.2) is 6.20 Å². The van der Waals surface area contributed by atoms with Gasteiger partial charge in [-0.25, -0.2) is 4.98 Å². The molecule has 0 saturated heterocycles. The highest BCUT2D eigenvalue weighted by atomic mass is 16.3. The van der Waals surface area contributed by atoms with Crippen LogP contribution < -0.4 is 10.6 Å². The Morgan fingerprint density at radius 3 is 2.83 bits per heavy atom. The summed E-state index contributed by atoms with van der Waals surface area (Å²) in [4.78, 5) is 8.68. The SMILES string of the molecule is CCCNc1ncc(C)c(NCC(C)CCO)n1. The molecule has 0 aromatic carbocycles. The summed E-state index contributed by atoms with van der Waals surface area (Å²) in [7, 11) is 0. The van der Waals surface area contributed by atoms with Gasteiger partial charge in [0.1, 0.15) is 5.82 Å². The Hall–Kier alpha value is -1.36. The van der Waals surface area contributed by atoms with Crippen LogP contribution in [-0.2, 0) is 0 Å². The average molecular weight is 252 g/mol. The zero-order valence-electron chi connectivity index (χ0n) is 11.5. The molecule has 0 aliphatic heterocycles. The van der Waals surface area contributed by atoms with Crippen molar-refractivity contribution in [1.82, 2.24) is 9.97 Å². The summed E-state index contributed by atoms with van der Waals surface area (Å²) in [5, 5.41) is 15.4. The van der Waals surface area contributed by atoms with Gasteiger partial charge in [-0.2, -0.15) is 4.98 Å². The lowest BCUT2D eigenvalue weighted by Gasteiger charge is -2.14. The van der Waals surface area contributed by atoms with Gasteiger partial charge in [0.2, 0.25) is 5.95 Å². The van der Waals surface area contributed by atoms with Gasteiger partial charge in [0.05, 0.1) is 0 Å². The Balaban J connectivity index is 2.57. The molecule has 5 nitrogen and oxygen atoms in total. The molecule has 18 heavy (non-hydrogen) atoms. The number of rotatable bonds is 8. The van der Waals surface area contributed by atoms with Crippen molar-refractivity contribution in [2.45, 2.75) is 33.6 Å². The number of hydrogen-bond acceptors (Lipinski definition) is 5. The van der Waals surface area contributed by atoms with Crippen molar-refractivity contribution in [2.24, 2.45) is 5.92 Å². The van der Waals surface area contributed by atoms with Crippen LogP contribution in [0.3, 0.4) is 0 Å². The smallest absolute Gasteiger partial charge is 0.224 e. The van der Waals surface area contributed by atoms with Crippen LogP contribution >= 0.6 is 0 Å². The topological polar surface area (TPSA) is 70.1 Å². The number of aromatic nitrogens is 2. The van der Waals surface area contributed by atoms with Crippen molar-refractivity contribution in [1.29, 1.82) is 0 Å². The molecule has 1 aromatic heterocycles. The first kappa shape index (κ1) is 14.7. The van der Waals surface area contributed by atoms with Gasteiger partial charge in [-0.1, -0.05) is 13.8 Å². The second-order valence-electron chi connectivity index (χ2n) is 4.65. The maximum Gasteiger partial charge on any atom is 0.224 e. The number of anilines is 2. The molecule has 1 rings (SSSR count). The van der Waals surface area contributed by atoms with Crippen molar-refractivity contribution in [2.75, 3.05) is 30.3 Å². The summed E-state index contributed by atoms with van der Waals surface area (Å²) in [6.45, 7) is 8.12. The van der Waals surface area contributed by atoms with Gasteiger partial charge < -0.3 is 15.7 Å². The lowest BCUT2D eigenvalue weighted by molar-refractivity contribution is 0.266. The molecular formula is C13H24N4O. The lowest BCUT2D eigenvalue weighted by atomic mass is 10.1. The van der Waals surface area contributed by atoms with Crippen LogP contribution in [-0.4, -0.2) is 34.8 Å². The van der Waals surface area contributed by atoms with E-state index in [4.69, 9.17) is 5.11 Å². The third-order valence-electron chi connectivity index (χ3n) is 2.74. The highest BCUT2D eigenvalue weighted by Gasteiger charge is 2.05. The Kier molecular flexibility index (Phi) is 6.43. The fraction of sp³-hybridized carbons (Fsp3) is 0.692. The Bertz CT molecular complexity index is 357. The van der Waals surface area contributed by atoms with Crippen LogP contribution in [0.2, 0.25) is 0 Å². The molecule has 0 amide bonds. The quantitative estimate of drug-likeness (QED) is 0.660. The van der Waals surface area contributed by atoms with Crippen LogP contribution in [0, 0.1) is 12.8 Å². The molecule has 0 radical (unpaired) electrons. The van der Waals surface area contributed by atoms with E-state index in [-0.39, 0.29) is 6.61 Å². The van der Waals surface area contributed by atoms with Gasteiger partial charge in [-0.3, -0.25) is 0 Å². The van der Waals surface area contributed by atoms with Crippen molar-refractivity contribution < 1.29 is 5.11 Å². The van der Waals surface area contributed by atoms with Gasteiger partial charge in [0.15, 0.2) is 0 Å². The molecule has 0 aliphatic rings. The maximum atomic E-state index is 8.87. The normalized spacial score (nSPS) is 12.2. The number of aliphatic hydroxyl groups is 1. The minimum Gasteiger partial charge on any atom is -0.396 e. The molecule has 0 spiro atoms. The average Bonchev–Trinajstić information content (AvgIpc) is 2.36. The van der Waals surface area contributed by atoms with E-state index < -0.39 is 0 Å². The molecule has 1 heterocycles. The molecule has 1 atom stereocenters. The van der Waals surface area contributed by atoms with E-state index in [2.05, 4.69) is 34.4 Å². The van der Waals surface area contributed by atoms with Crippen LogP contribution in [0.1, 0.15) is 32.3 Å². The van der Waals surface area contributed by atoms with E-state index in [1.54, 1.807) is 0 Å². The highest BCUT2D eigenvalue weighted by molar-refractivity contribution is 5.46. The Morgan fingerprint density at radius 1 is 1.39 bits per heavy atom. The Labute approximate surface area is 109 Å². The largest absolute Gasteiger partial charge is 0.396 e. The number of nitrogens with one attached hydrogen (secondary N) is 2. The van der Waals surface area contributed by atoms with Crippen molar-refractivity contribution in [3.63, 3.8) is 0 Å². The zero-order valence-corrected chi connectivity index (χ0v) is 11.5. The molecule has 0 fully saturated rings. The monoisotopic (exact) mass is 252 g/mol. The molecule has 0 aliphatic carbocycles. The van der Waals surface area contributed by atoms with Gasteiger partial charge in [0.25, 0.3) is 0 Å². The first-order valence-corrected chi connectivity index (χ1v) is 6.59. The fourth-order valence-corrected chi connectivity index (χ4v) is 1.54. The van der Waals surface area contributed by atoms with E-state index in [9.17, 15) is 0 Å². The molecule has 3 N–H and O–H groups in total. The van der Waals surface area contributed by atoms with Crippen LogP contribution in [0.4, 0.5) is 11.8 Å². The maximum absolute atomic E-state index is 8.87. The molecule has 102 valence electrons. The third-order valence-corrected chi connectivity index (χ3v) is 2.74. The summed E-state index contributed by atoms with van der Waals surface area (Å²) >= 11 is 0. The summed E-state index contributed by atoms with van der Waals surface area (Å²) in [5.41, 5.74) is 1.04. The summed E-state index contributed by atoms with van der Waals surface area (Å²) in [5.74, 6) is 1.96. The van der Waals surface area contributed by atoms with E-state index in [1.165, 1.54) is 0 Å².